The number of urea groups is 1. The zero-order valence-electron chi connectivity index (χ0n) is 16.9. The lowest BCUT2D eigenvalue weighted by Crippen LogP contribution is -2.57. The Hall–Kier alpha value is -4.19. The van der Waals surface area contributed by atoms with Crippen LogP contribution in [0.2, 0.25) is 0 Å². The van der Waals surface area contributed by atoms with E-state index in [-0.39, 0.29) is 5.57 Å². The zero-order valence-corrected chi connectivity index (χ0v) is 16.9. The van der Waals surface area contributed by atoms with Crippen molar-refractivity contribution >= 4 is 35.3 Å². The summed E-state index contributed by atoms with van der Waals surface area (Å²) >= 11 is 0. The van der Waals surface area contributed by atoms with E-state index in [0.717, 1.165) is 9.80 Å². The number of benzene rings is 3. The number of barbiturate groups is 1. The maximum Gasteiger partial charge on any atom is 0.343 e. The first-order valence-electron chi connectivity index (χ1n) is 9.87. The van der Waals surface area contributed by atoms with E-state index in [9.17, 15) is 14.4 Å². The molecule has 0 aromatic heterocycles. The molecule has 1 saturated heterocycles. The van der Waals surface area contributed by atoms with Gasteiger partial charge in [0, 0.05) is 0 Å². The van der Waals surface area contributed by atoms with Crippen LogP contribution in [0.3, 0.4) is 0 Å². The number of para-hydroxylation sites is 2. The fourth-order valence-electron chi connectivity index (χ4n) is 3.33. The molecule has 3 aromatic rings. The van der Waals surface area contributed by atoms with E-state index >= 15 is 0 Å². The number of carbonyl (C=O) groups is 3. The molecule has 4 amide bonds. The van der Waals surface area contributed by atoms with Gasteiger partial charge in [0.2, 0.25) is 0 Å². The summed E-state index contributed by atoms with van der Waals surface area (Å²) in [5, 5.41) is 0. The average Bonchev–Trinajstić information content (AvgIpc) is 2.79. The normalized spacial score (nSPS) is 14.1. The summed E-state index contributed by atoms with van der Waals surface area (Å²) in [7, 11) is 0. The van der Waals surface area contributed by atoms with E-state index in [4.69, 9.17) is 4.74 Å². The standard InChI is InChI=1S/C25H20N2O4/c1-2-31-21-15-13-18(14-16-21)17-22-23(28)26(19-9-5-3-6-10-19)25(30)27(24(22)29)20-11-7-4-8-12-20/h3-17H,2H2,1H3. The van der Waals surface area contributed by atoms with E-state index in [1.165, 1.54) is 6.08 Å². The monoisotopic (exact) mass is 412 g/mol. The molecule has 0 atom stereocenters. The van der Waals surface area contributed by atoms with Crippen LogP contribution in [0.15, 0.2) is 90.5 Å². The minimum atomic E-state index is -0.712. The number of carbonyl (C=O) groups excluding carboxylic acids is 3. The van der Waals surface area contributed by atoms with Gasteiger partial charge in [-0.25, -0.2) is 14.6 Å². The second kappa shape index (κ2) is 8.67. The molecule has 31 heavy (non-hydrogen) atoms. The fraction of sp³-hybridized carbons (Fsp3) is 0.0800. The summed E-state index contributed by atoms with van der Waals surface area (Å²) in [6.07, 6.45) is 1.50. The Bertz CT molecular complexity index is 1080. The van der Waals surface area contributed by atoms with Crippen LogP contribution >= 0.6 is 0 Å². The molecule has 0 N–H and O–H groups in total. The van der Waals surface area contributed by atoms with E-state index in [2.05, 4.69) is 0 Å². The highest BCUT2D eigenvalue weighted by Crippen LogP contribution is 2.29. The second-order valence-electron chi connectivity index (χ2n) is 6.79. The molecule has 154 valence electrons. The van der Waals surface area contributed by atoms with Crippen LogP contribution in [0.25, 0.3) is 6.08 Å². The first-order chi connectivity index (χ1) is 15.1. The molecule has 0 unspecified atom stereocenters. The van der Waals surface area contributed by atoms with Crippen molar-refractivity contribution in [1.29, 1.82) is 0 Å². The molecular weight excluding hydrogens is 392 g/mol. The Labute approximate surface area is 180 Å². The molecule has 1 aliphatic heterocycles. The first-order valence-corrected chi connectivity index (χ1v) is 9.87. The molecule has 1 fully saturated rings. The predicted molar refractivity (Wildman–Crippen MR) is 119 cm³/mol. The van der Waals surface area contributed by atoms with Crippen molar-refractivity contribution in [2.75, 3.05) is 16.4 Å². The van der Waals surface area contributed by atoms with Crippen LogP contribution < -0.4 is 14.5 Å². The summed E-state index contributed by atoms with van der Waals surface area (Å²) in [5.74, 6) is -0.637. The number of anilines is 2. The molecule has 0 aliphatic carbocycles. The van der Waals surface area contributed by atoms with Gasteiger partial charge < -0.3 is 4.74 Å². The minimum absolute atomic E-state index is 0.100. The van der Waals surface area contributed by atoms with Crippen LogP contribution in [-0.4, -0.2) is 24.5 Å². The van der Waals surface area contributed by atoms with E-state index in [1.54, 1.807) is 84.9 Å². The molecule has 6 nitrogen and oxygen atoms in total. The van der Waals surface area contributed by atoms with Gasteiger partial charge in [0.15, 0.2) is 0 Å². The van der Waals surface area contributed by atoms with Crippen molar-refractivity contribution in [2.24, 2.45) is 0 Å². The number of hydrogen-bond donors (Lipinski definition) is 0. The highest BCUT2D eigenvalue weighted by Gasteiger charge is 2.43. The Morgan fingerprint density at radius 2 is 1.19 bits per heavy atom. The maximum atomic E-state index is 13.3. The van der Waals surface area contributed by atoms with E-state index < -0.39 is 17.8 Å². The number of rotatable bonds is 5. The molecule has 1 heterocycles. The van der Waals surface area contributed by atoms with Gasteiger partial charge in [-0.2, -0.15) is 0 Å². The summed E-state index contributed by atoms with van der Waals surface area (Å²) in [6.45, 7) is 2.43. The van der Waals surface area contributed by atoms with Crippen molar-refractivity contribution in [3.8, 4) is 5.75 Å². The van der Waals surface area contributed by atoms with Crippen molar-refractivity contribution in [2.45, 2.75) is 6.92 Å². The van der Waals surface area contributed by atoms with Gasteiger partial charge in [-0.05, 0) is 55.0 Å². The molecular formula is C25H20N2O4. The van der Waals surface area contributed by atoms with Gasteiger partial charge in [-0.1, -0.05) is 48.5 Å². The molecule has 6 heteroatoms. The Morgan fingerprint density at radius 3 is 1.65 bits per heavy atom. The van der Waals surface area contributed by atoms with Crippen LogP contribution in [0.1, 0.15) is 12.5 Å². The topological polar surface area (TPSA) is 66.9 Å². The Morgan fingerprint density at radius 1 is 0.710 bits per heavy atom. The van der Waals surface area contributed by atoms with Crippen molar-refractivity contribution in [3.63, 3.8) is 0 Å². The summed E-state index contributed by atoms with van der Waals surface area (Å²) < 4.78 is 5.44. The smallest absolute Gasteiger partial charge is 0.343 e. The quantitative estimate of drug-likeness (QED) is 0.451. The van der Waals surface area contributed by atoms with Crippen molar-refractivity contribution in [1.82, 2.24) is 0 Å². The average molecular weight is 412 g/mol. The number of imide groups is 2. The summed E-state index contributed by atoms with van der Waals surface area (Å²) in [4.78, 5) is 41.8. The number of nitrogens with zero attached hydrogens (tertiary/aromatic N) is 2. The number of hydrogen-bond acceptors (Lipinski definition) is 4. The van der Waals surface area contributed by atoms with E-state index in [1.807, 2.05) is 6.92 Å². The fourth-order valence-corrected chi connectivity index (χ4v) is 3.33. The highest BCUT2D eigenvalue weighted by molar-refractivity contribution is 6.46. The summed E-state index contributed by atoms with van der Waals surface area (Å²) in [6, 6.07) is 23.5. The Kier molecular flexibility index (Phi) is 5.62. The van der Waals surface area contributed by atoms with Gasteiger partial charge in [-0.15, -0.1) is 0 Å². The lowest BCUT2D eigenvalue weighted by Gasteiger charge is -2.33. The molecule has 0 saturated carbocycles. The lowest BCUT2D eigenvalue weighted by molar-refractivity contribution is -0.121. The highest BCUT2D eigenvalue weighted by atomic mass is 16.5. The third-order valence-electron chi connectivity index (χ3n) is 4.78. The molecule has 0 spiro atoms. The third kappa shape index (κ3) is 3.96. The summed E-state index contributed by atoms with van der Waals surface area (Å²) in [5.41, 5.74) is 1.33. The zero-order chi connectivity index (χ0) is 21.8. The maximum absolute atomic E-state index is 13.3. The van der Waals surface area contributed by atoms with Gasteiger partial charge >= 0.3 is 6.03 Å². The molecule has 4 rings (SSSR count). The third-order valence-corrected chi connectivity index (χ3v) is 4.78. The second-order valence-corrected chi connectivity index (χ2v) is 6.79. The van der Waals surface area contributed by atoms with Gasteiger partial charge in [-0.3, -0.25) is 9.59 Å². The Balaban J connectivity index is 1.80. The van der Waals surface area contributed by atoms with Gasteiger partial charge in [0.1, 0.15) is 11.3 Å². The number of amides is 4. The van der Waals surface area contributed by atoms with E-state index in [0.29, 0.717) is 29.3 Å². The van der Waals surface area contributed by atoms with Crippen molar-refractivity contribution in [3.05, 3.63) is 96.1 Å². The molecule has 0 radical (unpaired) electrons. The molecule has 3 aromatic carbocycles. The van der Waals surface area contributed by atoms with Crippen LogP contribution in [0.5, 0.6) is 5.75 Å². The predicted octanol–water partition coefficient (Wildman–Crippen LogP) is 4.67. The van der Waals surface area contributed by atoms with Crippen LogP contribution in [0.4, 0.5) is 16.2 Å². The van der Waals surface area contributed by atoms with Gasteiger partial charge in [0.05, 0.1) is 18.0 Å². The molecule has 1 aliphatic rings. The number of ether oxygens (including phenoxy) is 1. The van der Waals surface area contributed by atoms with Gasteiger partial charge in [0.25, 0.3) is 11.8 Å². The lowest BCUT2D eigenvalue weighted by atomic mass is 10.0. The van der Waals surface area contributed by atoms with Crippen LogP contribution in [-0.2, 0) is 9.59 Å². The first kappa shape index (κ1) is 20.1. The molecule has 0 bridgehead atoms. The van der Waals surface area contributed by atoms with Crippen LogP contribution in [0, 0.1) is 0 Å². The SMILES string of the molecule is CCOc1ccc(C=C2C(=O)N(c3ccccc3)C(=O)N(c3ccccc3)C2=O)cc1. The largest absolute Gasteiger partial charge is 0.494 e. The van der Waals surface area contributed by atoms with Crippen molar-refractivity contribution < 1.29 is 19.1 Å². The minimum Gasteiger partial charge on any atom is -0.494 e.